The third kappa shape index (κ3) is 7.21. The molecule has 9 nitrogen and oxygen atoms in total. The van der Waals surface area contributed by atoms with Gasteiger partial charge in [0.2, 0.25) is 0 Å². The molecule has 2 aromatic rings. The van der Waals surface area contributed by atoms with Crippen LogP contribution in [0.15, 0.2) is 35.6 Å². The van der Waals surface area contributed by atoms with Gasteiger partial charge in [0.25, 0.3) is 0 Å². The van der Waals surface area contributed by atoms with Crippen LogP contribution in [0.4, 0.5) is 0 Å². The Kier molecular flexibility index (Phi) is 10.7. The first-order valence-corrected chi connectivity index (χ1v) is 11.0. The van der Waals surface area contributed by atoms with Crippen LogP contribution < -0.4 is 14.8 Å². The molecule has 1 aromatic heterocycles. The molecule has 1 atom stereocenters. The van der Waals surface area contributed by atoms with Crippen molar-refractivity contribution in [1.82, 2.24) is 29.8 Å². The van der Waals surface area contributed by atoms with Crippen LogP contribution in [0.1, 0.15) is 17.2 Å². The maximum absolute atomic E-state index is 5.54. The molecule has 0 aliphatic carbocycles. The van der Waals surface area contributed by atoms with E-state index in [0.29, 0.717) is 0 Å². The smallest absolute Gasteiger partial charge is 0.193 e. The summed E-state index contributed by atoms with van der Waals surface area (Å²) in [6, 6.07) is 6.19. The number of nitrogens with zero attached hydrogens (tertiary/aromatic N) is 6. The van der Waals surface area contributed by atoms with Crippen molar-refractivity contribution in [3.8, 4) is 11.5 Å². The highest BCUT2D eigenvalue weighted by molar-refractivity contribution is 14.0. The predicted molar refractivity (Wildman–Crippen MR) is 143 cm³/mol. The molecule has 0 amide bonds. The Morgan fingerprint density at radius 2 is 1.91 bits per heavy atom. The van der Waals surface area contributed by atoms with Crippen LogP contribution in [0.5, 0.6) is 11.5 Å². The summed E-state index contributed by atoms with van der Waals surface area (Å²) in [5.41, 5.74) is 2.34. The minimum absolute atomic E-state index is 0. The lowest BCUT2D eigenvalue weighted by molar-refractivity contribution is 0.170. The number of likely N-dealkylation sites (N-methyl/N-ethyl adjacent to an activating group) is 1. The second-order valence-corrected chi connectivity index (χ2v) is 8.30. The highest BCUT2D eigenvalue weighted by atomic mass is 127. The van der Waals surface area contributed by atoms with Crippen LogP contribution in [-0.4, -0.2) is 98.5 Å². The summed E-state index contributed by atoms with van der Waals surface area (Å²) < 4.78 is 12.8. The number of nitrogens with one attached hydrogen (secondary N) is 1. The van der Waals surface area contributed by atoms with Crippen LogP contribution >= 0.6 is 24.0 Å². The van der Waals surface area contributed by atoms with Gasteiger partial charge in [0.15, 0.2) is 5.96 Å². The number of benzene rings is 1. The van der Waals surface area contributed by atoms with Crippen LogP contribution in [0.3, 0.4) is 0 Å². The number of ether oxygens (including phenoxy) is 2. The van der Waals surface area contributed by atoms with Crippen molar-refractivity contribution >= 4 is 29.9 Å². The van der Waals surface area contributed by atoms with E-state index in [0.717, 1.165) is 62.3 Å². The Morgan fingerprint density at radius 1 is 1.18 bits per heavy atom. The van der Waals surface area contributed by atoms with Gasteiger partial charge in [0.1, 0.15) is 11.5 Å². The molecule has 3 rings (SSSR count). The lowest BCUT2D eigenvalue weighted by Gasteiger charge is -2.37. The fourth-order valence-corrected chi connectivity index (χ4v) is 4.10. The second-order valence-electron chi connectivity index (χ2n) is 8.30. The third-order valence-electron chi connectivity index (χ3n) is 5.95. The van der Waals surface area contributed by atoms with Crippen molar-refractivity contribution in [2.45, 2.75) is 12.6 Å². The Hall–Kier alpha value is -2.05. The number of halogens is 1. The quantitative estimate of drug-likeness (QED) is 0.296. The van der Waals surface area contributed by atoms with E-state index in [1.807, 2.05) is 37.1 Å². The summed E-state index contributed by atoms with van der Waals surface area (Å²) in [5.74, 6) is 2.70. The summed E-state index contributed by atoms with van der Waals surface area (Å²) in [6.07, 6.45) is 4.00. The molecule has 1 unspecified atom stereocenters. The predicted octanol–water partition coefficient (Wildman–Crippen LogP) is 2.05. The van der Waals surface area contributed by atoms with Gasteiger partial charge in [0.05, 0.1) is 26.5 Å². The number of aromatic nitrogens is 2. The second kappa shape index (κ2) is 13.0. The zero-order chi connectivity index (χ0) is 23.1. The molecule has 1 aromatic carbocycles. The molecule has 1 fully saturated rings. The van der Waals surface area contributed by atoms with Crippen LogP contribution in [0.25, 0.3) is 0 Å². The Morgan fingerprint density at radius 3 is 2.45 bits per heavy atom. The Labute approximate surface area is 214 Å². The number of rotatable bonds is 8. The SMILES string of the molecule is CN=C(NCC(c1cnn(C)c1)N(C)C)N1CCN(Cc2cc(OC)ccc2OC)CC1.I. The Balaban J connectivity index is 0.00000385. The zero-order valence-corrected chi connectivity index (χ0v) is 22.9. The molecule has 0 radical (unpaired) electrons. The maximum Gasteiger partial charge on any atom is 0.193 e. The Bertz CT molecular complexity index is 895. The molecule has 184 valence electrons. The van der Waals surface area contributed by atoms with Gasteiger partial charge in [0, 0.05) is 70.7 Å². The van der Waals surface area contributed by atoms with Gasteiger partial charge >= 0.3 is 0 Å². The van der Waals surface area contributed by atoms with Crippen molar-refractivity contribution in [3.05, 3.63) is 41.7 Å². The molecule has 33 heavy (non-hydrogen) atoms. The molecular weight excluding hydrogens is 533 g/mol. The lowest BCUT2D eigenvalue weighted by atomic mass is 10.1. The summed E-state index contributed by atoms with van der Waals surface area (Å²) >= 11 is 0. The summed E-state index contributed by atoms with van der Waals surface area (Å²) in [7, 11) is 11.4. The lowest BCUT2D eigenvalue weighted by Crippen LogP contribution is -2.53. The molecule has 0 bridgehead atoms. The number of guanidine groups is 1. The third-order valence-corrected chi connectivity index (χ3v) is 5.95. The van der Waals surface area contributed by atoms with E-state index in [-0.39, 0.29) is 30.0 Å². The number of aryl methyl sites for hydroxylation is 1. The first-order chi connectivity index (χ1) is 15.4. The molecule has 0 saturated carbocycles. The molecule has 1 saturated heterocycles. The first kappa shape index (κ1) is 27.2. The van der Waals surface area contributed by atoms with E-state index in [9.17, 15) is 0 Å². The highest BCUT2D eigenvalue weighted by Gasteiger charge is 2.22. The van der Waals surface area contributed by atoms with Crippen molar-refractivity contribution in [2.24, 2.45) is 12.0 Å². The zero-order valence-electron chi connectivity index (χ0n) is 20.6. The van der Waals surface area contributed by atoms with Gasteiger partial charge in [-0.15, -0.1) is 24.0 Å². The minimum atomic E-state index is 0. The van der Waals surface area contributed by atoms with E-state index in [1.165, 1.54) is 5.56 Å². The fourth-order valence-electron chi connectivity index (χ4n) is 4.10. The van der Waals surface area contributed by atoms with E-state index in [4.69, 9.17) is 9.47 Å². The number of aliphatic imine (C=N–C) groups is 1. The van der Waals surface area contributed by atoms with Gasteiger partial charge in [-0.25, -0.2) is 0 Å². The maximum atomic E-state index is 5.54. The number of hydrogen-bond acceptors (Lipinski definition) is 6. The van der Waals surface area contributed by atoms with Crippen molar-refractivity contribution in [3.63, 3.8) is 0 Å². The molecule has 2 heterocycles. The van der Waals surface area contributed by atoms with Crippen LogP contribution in [0, 0.1) is 0 Å². The molecule has 0 spiro atoms. The van der Waals surface area contributed by atoms with Gasteiger partial charge in [-0.1, -0.05) is 0 Å². The molecule has 1 aliphatic heterocycles. The number of hydrogen-bond donors (Lipinski definition) is 1. The first-order valence-electron chi connectivity index (χ1n) is 11.0. The number of methoxy groups -OCH3 is 2. The van der Waals surface area contributed by atoms with Gasteiger partial charge in [-0.05, 0) is 32.3 Å². The van der Waals surface area contributed by atoms with Crippen LogP contribution in [-0.2, 0) is 13.6 Å². The van der Waals surface area contributed by atoms with Crippen molar-refractivity contribution in [1.29, 1.82) is 0 Å². The van der Waals surface area contributed by atoms with E-state index in [2.05, 4.69) is 56.5 Å². The van der Waals surface area contributed by atoms with Crippen molar-refractivity contribution < 1.29 is 9.47 Å². The molecule has 1 aliphatic rings. The van der Waals surface area contributed by atoms with Crippen LogP contribution in [0.2, 0.25) is 0 Å². The monoisotopic (exact) mass is 571 g/mol. The minimum Gasteiger partial charge on any atom is -0.497 e. The average molecular weight is 572 g/mol. The number of piperazine rings is 1. The highest BCUT2D eigenvalue weighted by Crippen LogP contribution is 2.25. The fraction of sp³-hybridized carbons (Fsp3) is 0.565. The summed E-state index contributed by atoms with van der Waals surface area (Å²) in [4.78, 5) is 11.5. The normalized spacial score (nSPS) is 15.8. The average Bonchev–Trinajstić information content (AvgIpc) is 3.22. The van der Waals surface area contributed by atoms with Gasteiger partial charge in [-0.3, -0.25) is 14.6 Å². The van der Waals surface area contributed by atoms with E-state index >= 15 is 0 Å². The topological polar surface area (TPSA) is 70.4 Å². The van der Waals surface area contributed by atoms with Crippen molar-refractivity contribution in [2.75, 3.05) is 68.1 Å². The molecule has 1 N–H and O–H groups in total. The molecule has 10 heteroatoms. The summed E-state index contributed by atoms with van der Waals surface area (Å²) in [5, 5.41) is 7.89. The van der Waals surface area contributed by atoms with E-state index in [1.54, 1.807) is 14.2 Å². The summed E-state index contributed by atoms with van der Waals surface area (Å²) in [6.45, 7) is 5.37. The molecular formula is C23H38IN7O2. The largest absolute Gasteiger partial charge is 0.497 e. The standard InChI is InChI=1S/C23H37N7O2.HI/c1-24-23(25-15-21(27(2)3)19-14-26-28(4)16-19)30-11-9-29(10-12-30)17-18-13-20(31-5)7-8-22(18)32-6;/h7-8,13-14,16,21H,9-12,15,17H2,1-6H3,(H,24,25);1H. The van der Waals surface area contributed by atoms with Gasteiger partial charge in [-0.2, -0.15) is 5.10 Å². The van der Waals surface area contributed by atoms with Gasteiger partial charge < -0.3 is 24.6 Å². The van der Waals surface area contributed by atoms with E-state index < -0.39 is 0 Å².